The molecule has 2 nitrogen and oxygen atoms in total. The highest BCUT2D eigenvalue weighted by Crippen LogP contribution is 2.03. The minimum absolute atomic E-state index is 0.503. The van der Waals surface area contributed by atoms with Gasteiger partial charge in [-0.15, -0.1) is 0 Å². The average Bonchev–Trinajstić information content (AvgIpc) is 1.98. The van der Waals surface area contributed by atoms with E-state index in [0.29, 0.717) is 12.6 Å². The molecule has 0 aromatic heterocycles. The molecule has 0 aromatic carbocycles. The van der Waals surface area contributed by atoms with Crippen LogP contribution in [0.2, 0.25) is 0 Å². The maximum Gasteiger partial charge on any atom is 0.0858 e. The molecule has 0 unspecified atom stereocenters. The summed E-state index contributed by atoms with van der Waals surface area (Å²) in [5.74, 6) is 0. The Morgan fingerprint density at radius 2 is 2.09 bits per heavy atom. The monoisotopic (exact) mass is 157 g/mol. The van der Waals surface area contributed by atoms with Crippen molar-refractivity contribution in [2.24, 2.45) is 0 Å². The van der Waals surface area contributed by atoms with Gasteiger partial charge in [-0.3, -0.25) is 0 Å². The van der Waals surface area contributed by atoms with E-state index in [4.69, 9.17) is 4.74 Å². The summed E-state index contributed by atoms with van der Waals surface area (Å²) < 4.78 is 5.23. The molecule has 0 aliphatic carbocycles. The summed E-state index contributed by atoms with van der Waals surface area (Å²) >= 11 is 0. The first-order valence-corrected chi connectivity index (χ1v) is 4.08. The van der Waals surface area contributed by atoms with E-state index in [2.05, 4.69) is 25.3 Å². The van der Waals surface area contributed by atoms with E-state index in [1.54, 1.807) is 0 Å². The van der Waals surface area contributed by atoms with Crippen molar-refractivity contribution in [2.45, 2.75) is 26.8 Å². The van der Waals surface area contributed by atoms with Gasteiger partial charge in [0.15, 0.2) is 0 Å². The smallest absolute Gasteiger partial charge is 0.0858 e. The van der Waals surface area contributed by atoms with Crippen molar-refractivity contribution in [3.8, 4) is 0 Å². The topological polar surface area (TPSA) is 12.5 Å². The number of rotatable bonds is 5. The first-order valence-electron chi connectivity index (χ1n) is 4.08. The van der Waals surface area contributed by atoms with E-state index in [1.165, 1.54) is 0 Å². The largest absolute Gasteiger partial charge is 0.376 e. The van der Waals surface area contributed by atoms with Gasteiger partial charge >= 0.3 is 0 Å². The molecule has 0 aliphatic rings. The van der Waals surface area contributed by atoms with Crippen molar-refractivity contribution >= 4 is 0 Å². The highest BCUT2D eigenvalue weighted by Gasteiger charge is 2.04. The van der Waals surface area contributed by atoms with Gasteiger partial charge in [-0.2, -0.15) is 0 Å². The maximum absolute atomic E-state index is 5.23. The molecule has 0 saturated heterocycles. The van der Waals surface area contributed by atoms with Crippen LogP contribution in [0.25, 0.3) is 0 Å². The van der Waals surface area contributed by atoms with Crippen LogP contribution in [0.5, 0.6) is 0 Å². The Labute approximate surface area is 69.8 Å². The third-order valence-corrected chi connectivity index (χ3v) is 1.75. The lowest BCUT2D eigenvalue weighted by atomic mass is 10.3. The van der Waals surface area contributed by atoms with Gasteiger partial charge in [0.1, 0.15) is 0 Å². The van der Waals surface area contributed by atoms with Crippen molar-refractivity contribution < 1.29 is 4.74 Å². The summed E-state index contributed by atoms with van der Waals surface area (Å²) in [5.41, 5.74) is 1.04. The van der Waals surface area contributed by atoms with Crippen LogP contribution >= 0.6 is 0 Å². The molecule has 0 amide bonds. The average molecular weight is 157 g/mol. The second kappa shape index (κ2) is 5.19. The molecule has 2 heteroatoms. The van der Waals surface area contributed by atoms with E-state index >= 15 is 0 Å². The molecule has 11 heavy (non-hydrogen) atoms. The maximum atomic E-state index is 5.23. The summed E-state index contributed by atoms with van der Waals surface area (Å²) in [5, 5.41) is 0. The van der Waals surface area contributed by atoms with Crippen molar-refractivity contribution in [1.82, 2.24) is 4.90 Å². The standard InChI is InChI=1S/C9H19NO/c1-6-11-7-9(4)10(5)8(2)3/h8H,4,6-7H2,1-3,5H3. The Bertz CT molecular complexity index is 121. The Morgan fingerprint density at radius 3 is 2.45 bits per heavy atom. The van der Waals surface area contributed by atoms with E-state index in [-0.39, 0.29) is 0 Å². The Balaban J connectivity index is 3.64. The Hall–Kier alpha value is -0.500. The molecule has 66 valence electrons. The molecular weight excluding hydrogens is 138 g/mol. The zero-order valence-electron chi connectivity index (χ0n) is 8.05. The Morgan fingerprint density at radius 1 is 1.55 bits per heavy atom. The number of hydrogen-bond acceptors (Lipinski definition) is 2. The minimum atomic E-state index is 0.503. The van der Waals surface area contributed by atoms with E-state index in [9.17, 15) is 0 Å². The molecule has 0 aliphatic heterocycles. The van der Waals surface area contributed by atoms with Gasteiger partial charge in [0.05, 0.1) is 6.61 Å². The van der Waals surface area contributed by atoms with Gasteiger partial charge in [0.2, 0.25) is 0 Å². The molecule has 0 fully saturated rings. The second-order valence-corrected chi connectivity index (χ2v) is 2.91. The lowest BCUT2D eigenvalue weighted by Crippen LogP contribution is -2.27. The summed E-state index contributed by atoms with van der Waals surface area (Å²) in [6, 6.07) is 0.503. The fraction of sp³-hybridized carbons (Fsp3) is 0.778. The molecule has 0 spiro atoms. The lowest BCUT2D eigenvalue weighted by molar-refractivity contribution is 0.145. The van der Waals surface area contributed by atoms with Crippen molar-refractivity contribution in [2.75, 3.05) is 20.3 Å². The first kappa shape index (κ1) is 10.5. The van der Waals surface area contributed by atoms with Crippen LogP contribution in [0.4, 0.5) is 0 Å². The van der Waals surface area contributed by atoms with Crippen LogP contribution in [0.3, 0.4) is 0 Å². The molecule has 0 atom stereocenters. The number of ether oxygens (including phenoxy) is 1. The minimum Gasteiger partial charge on any atom is -0.376 e. The summed E-state index contributed by atoms with van der Waals surface area (Å²) in [4.78, 5) is 2.12. The zero-order valence-corrected chi connectivity index (χ0v) is 8.05. The molecule has 0 N–H and O–H groups in total. The predicted octanol–water partition coefficient (Wildman–Crippen LogP) is 1.88. The lowest BCUT2D eigenvalue weighted by Gasteiger charge is -2.25. The van der Waals surface area contributed by atoms with Gasteiger partial charge in [-0.25, -0.2) is 0 Å². The SMILES string of the molecule is C=C(COCC)N(C)C(C)C. The quantitative estimate of drug-likeness (QED) is 0.604. The van der Waals surface area contributed by atoms with Gasteiger partial charge in [0.25, 0.3) is 0 Å². The number of likely N-dealkylation sites (N-methyl/N-ethyl adjacent to an activating group) is 1. The molecule has 0 radical (unpaired) electrons. The second-order valence-electron chi connectivity index (χ2n) is 2.91. The highest BCUT2D eigenvalue weighted by atomic mass is 16.5. The van der Waals surface area contributed by atoms with Crippen molar-refractivity contribution in [3.63, 3.8) is 0 Å². The molecule has 0 rings (SSSR count). The van der Waals surface area contributed by atoms with Crippen LogP contribution < -0.4 is 0 Å². The van der Waals surface area contributed by atoms with Gasteiger partial charge in [-0.05, 0) is 20.8 Å². The van der Waals surface area contributed by atoms with Crippen molar-refractivity contribution in [3.05, 3.63) is 12.3 Å². The van der Waals surface area contributed by atoms with Crippen LogP contribution in [-0.4, -0.2) is 31.2 Å². The number of nitrogens with zero attached hydrogens (tertiary/aromatic N) is 1. The van der Waals surface area contributed by atoms with Crippen LogP contribution in [0, 0.1) is 0 Å². The third kappa shape index (κ3) is 4.04. The van der Waals surface area contributed by atoms with Gasteiger partial charge < -0.3 is 9.64 Å². The fourth-order valence-electron chi connectivity index (χ4n) is 0.687. The fourth-order valence-corrected chi connectivity index (χ4v) is 0.687. The van der Waals surface area contributed by atoms with Crippen LogP contribution in [0.1, 0.15) is 20.8 Å². The molecule has 0 saturated carbocycles. The summed E-state index contributed by atoms with van der Waals surface area (Å²) in [6.45, 7) is 11.6. The summed E-state index contributed by atoms with van der Waals surface area (Å²) in [6.07, 6.45) is 0. The van der Waals surface area contributed by atoms with Gasteiger partial charge in [0, 0.05) is 25.4 Å². The molecule has 0 aromatic rings. The highest BCUT2D eigenvalue weighted by molar-refractivity contribution is 4.93. The van der Waals surface area contributed by atoms with Gasteiger partial charge in [-0.1, -0.05) is 6.58 Å². The normalized spacial score (nSPS) is 10.3. The zero-order chi connectivity index (χ0) is 8.85. The van der Waals surface area contributed by atoms with Crippen LogP contribution in [0.15, 0.2) is 12.3 Å². The van der Waals surface area contributed by atoms with E-state index in [1.807, 2.05) is 14.0 Å². The van der Waals surface area contributed by atoms with Crippen LogP contribution in [-0.2, 0) is 4.74 Å². The molecule has 0 heterocycles. The van der Waals surface area contributed by atoms with Crippen molar-refractivity contribution in [1.29, 1.82) is 0 Å². The van der Waals surface area contributed by atoms with E-state index < -0.39 is 0 Å². The summed E-state index contributed by atoms with van der Waals surface area (Å²) in [7, 11) is 2.03. The Kier molecular flexibility index (Phi) is 4.95. The first-order chi connectivity index (χ1) is 5.09. The van der Waals surface area contributed by atoms with E-state index in [0.717, 1.165) is 12.3 Å². The third-order valence-electron chi connectivity index (χ3n) is 1.75. The molecule has 0 bridgehead atoms. The molecular formula is C9H19NO. The number of hydrogen-bond donors (Lipinski definition) is 0. The predicted molar refractivity (Wildman–Crippen MR) is 48.5 cm³/mol.